The van der Waals surface area contributed by atoms with Crippen molar-refractivity contribution < 1.29 is 17.6 Å². The molecule has 7 nitrogen and oxygen atoms in total. The van der Waals surface area contributed by atoms with Gasteiger partial charge >= 0.3 is 0 Å². The number of piperazine rings is 1. The highest BCUT2D eigenvalue weighted by Crippen LogP contribution is 2.24. The molecular weight excluding hydrogens is 443 g/mol. The summed E-state index contributed by atoms with van der Waals surface area (Å²) in [6.07, 6.45) is 0. The van der Waals surface area contributed by atoms with Crippen molar-refractivity contribution in [2.45, 2.75) is 18.7 Å². The Morgan fingerprint density at radius 3 is 2.26 bits per heavy atom. The number of fused-ring (bicyclic) bond motifs is 1. The highest BCUT2D eigenvalue weighted by Gasteiger charge is 2.31. The predicted octanol–water partition coefficient (Wildman–Crippen LogP) is 3.19. The highest BCUT2D eigenvalue weighted by molar-refractivity contribution is 7.89. The Labute approximate surface area is 184 Å². The van der Waals surface area contributed by atoms with Gasteiger partial charge in [-0.25, -0.2) is 22.8 Å². The highest BCUT2D eigenvalue weighted by atomic mass is 35.5. The van der Waals surface area contributed by atoms with Gasteiger partial charge < -0.3 is 4.90 Å². The van der Waals surface area contributed by atoms with Gasteiger partial charge in [-0.15, -0.1) is 0 Å². The zero-order valence-electron chi connectivity index (χ0n) is 17.0. The fourth-order valence-corrected chi connectivity index (χ4v) is 5.16. The molecule has 0 saturated carbocycles. The van der Waals surface area contributed by atoms with Crippen LogP contribution in [0.4, 0.5) is 4.39 Å². The summed E-state index contributed by atoms with van der Waals surface area (Å²) in [5.74, 6) is -0.870. The minimum atomic E-state index is -3.83. The van der Waals surface area contributed by atoms with Crippen LogP contribution in [-0.2, 0) is 10.0 Å². The van der Waals surface area contributed by atoms with Crippen molar-refractivity contribution in [3.8, 4) is 0 Å². The predicted molar refractivity (Wildman–Crippen MR) is 115 cm³/mol. The van der Waals surface area contributed by atoms with Gasteiger partial charge in [0, 0.05) is 31.7 Å². The lowest BCUT2D eigenvalue weighted by atomic mass is 10.1. The minimum absolute atomic E-state index is 0.0718. The second-order valence-corrected chi connectivity index (χ2v) is 9.72. The molecule has 1 aromatic heterocycles. The number of carbonyl (C=O) groups excluding carboxylic acids is 1. The minimum Gasteiger partial charge on any atom is -0.336 e. The Balaban J connectivity index is 1.49. The van der Waals surface area contributed by atoms with Crippen LogP contribution in [0.5, 0.6) is 0 Å². The van der Waals surface area contributed by atoms with Crippen LogP contribution in [0.25, 0.3) is 11.0 Å². The number of nitrogens with zero attached hydrogens (tertiary/aromatic N) is 4. The van der Waals surface area contributed by atoms with Crippen molar-refractivity contribution in [3.63, 3.8) is 0 Å². The fraction of sp³-hybridized carbons (Fsp3) is 0.286. The third-order valence-corrected chi connectivity index (χ3v) is 7.56. The van der Waals surface area contributed by atoms with Gasteiger partial charge in [0.25, 0.3) is 5.91 Å². The molecule has 0 N–H and O–H groups in total. The number of amides is 1. The lowest BCUT2D eigenvalue weighted by molar-refractivity contribution is 0.0698. The summed E-state index contributed by atoms with van der Waals surface area (Å²) in [6.45, 7) is 4.50. The van der Waals surface area contributed by atoms with E-state index in [0.29, 0.717) is 16.6 Å². The zero-order chi connectivity index (χ0) is 22.3. The van der Waals surface area contributed by atoms with Crippen LogP contribution >= 0.6 is 11.6 Å². The first-order valence-electron chi connectivity index (χ1n) is 9.66. The Hall–Kier alpha value is -2.62. The molecule has 3 aromatic rings. The van der Waals surface area contributed by atoms with E-state index in [4.69, 9.17) is 11.6 Å². The smallest absolute Gasteiger partial charge is 0.254 e. The molecule has 0 aliphatic carbocycles. The summed E-state index contributed by atoms with van der Waals surface area (Å²) < 4.78 is 40.3. The number of sulfonamides is 1. The van der Waals surface area contributed by atoms with E-state index in [1.165, 1.54) is 10.4 Å². The summed E-state index contributed by atoms with van der Waals surface area (Å²) in [5.41, 5.74) is 3.48. The molecule has 0 unspecified atom stereocenters. The molecule has 1 aliphatic rings. The van der Waals surface area contributed by atoms with Gasteiger partial charge in [0.2, 0.25) is 10.0 Å². The van der Waals surface area contributed by atoms with Crippen molar-refractivity contribution in [3.05, 3.63) is 64.2 Å². The lowest BCUT2D eigenvalue weighted by Gasteiger charge is -2.34. The summed E-state index contributed by atoms with van der Waals surface area (Å²) >= 11 is 5.73. The van der Waals surface area contributed by atoms with Crippen LogP contribution in [0.15, 0.2) is 41.3 Å². The van der Waals surface area contributed by atoms with Gasteiger partial charge in [-0.3, -0.25) is 4.79 Å². The fourth-order valence-electron chi connectivity index (χ4n) is 3.46. The van der Waals surface area contributed by atoms with Crippen molar-refractivity contribution in [2.75, 3.05) is 26.2 Å². The Kier molecular flexibility index (Phi) is 5.67. The lowest BCUT2D eigenvalue weighted by Crippen LogP contribution is -2.50. The molecule has 31 heavy (non-hydrogen) atoms. The SMILES string of the molecule is Cc1nc2ccc(C(=O)N3CCN(S(=O)(=O)c4ccc(F)c(Cl)c4)CC3)cc2nc1C. The summed E-state index contributed by atoms with van der Waals surface area (Å²) in [5, 5.41) is -0.250. The number of carbonyl (C=O) groups is 1. The van der Waals surface area contributed by atoms with E-state index < -0.39 is 15.8 Å². The zero-order valence-corrected chi connectivity index (χ0v) is 18.5. The van der Waals surface area contributed by atoms with Gasteiger partial charge in [0.15, 0.2) is 0 Å². The number of rotatable bonds is 3. The van der Waals surface area contributed by atoms with Crippen LogP contribution in [0, 0.1) is 19.7 Å². The molecule has 1 amide bonds. The van der Waals surface area contributed by atoms with Crippen molar-refractivity contribution >= 4 is 38.6 Å². The molecule has 1 saturated heterocycles. The van der Waals surface area contributed by atoms with Gasteiger partial charge in [-0.1, -0.05) is 11.6 Å². The number of aryl methyl sites for hydroxylation is 2. The van der Waals surface area contributed by atoms with Crippen LogP contribution < -0.4 is 0 Å². The van der Waals surface area contributed by atoms with Crippen molar-refractivity contribution in [1.82, 2.24) is 19.2 Å². The average molecular weight is 463 g/mol. The normalized spacial score (nSPS) is 15.4. The molecule has 0 radical (unpaired) electrons. The first-order valence-corrected chi connectivity index (χ1v) is 11.5. The standard InChI is InChI=1S/C21H20ClFN4O3S/c1-13-14(2)25-20-11-15(3-6-19(20)24-13)21(28)26-7-9-27(10-8-26)31(29,30)16-4-5-18(23)17(22)12-16/h3-6,11-12H,7-10H2,1-2H3. The molecule has 4 rings (SSSR count). The first-order chi connectivity index (χ1) is 14.7. The third kappa shape index (κ3) is 4.13. The number of hydrogen-bond donors (Lipinski definition) is 0. The van der Waals surface area contributed by atoms with E-state index in [0.717, 1.165) is 23.5 Å². The second-order valence-electron chi connectivity index (χ2n) is 7.37. The maximum absolute atomic E-state index is 13.4. The quantitative estimate of drug-likeness (QED) is 0.597. The average Bonchev–Trinajstić information content (AvgIpc) is 2.75. The first kappa shape index (κ1) is 21.6. The number of benzene rings is 2. The van der Waals surface area contributed by atoms with Crippen LogP contribution in [0.2, 0.25) is 5.02 Å². The number of halogens is 2. The molecule has 2 heterocycles. The molecule has 2 aromatic carbocycles. The van der Waals surface area contributed by atoms with Gasteiger partial charge in [0.1, 0.15) is 5.82 Å². The van der Waals surface area contributed by atoms with E-state index in [1.54, 1.807) is 23.1 Å². The second kappa shape index (κ2) is 8.14. The van der Waals surface area contributed by atoms with Crippen LogP contribution in [0.1, 0.15) is 21.7 Å². The third-order valence-electron chi connectivity index (χ3n) is 5.38. The Bertz CT molecular complexity index is 1290. The molecule has 1 aliphatic heterocycles. The summed E-state index contributed by atoms with van der Waals surface area (Å²) in [4.78, 5) is 23.5. The number of aromatic nitrogens is 2. The van der Waals surface area contributed by atoms with E-state index in [9.17, 15) is 17.6 Å². The molecule has 0 bridgehead atoms. The van der Waals surface area contributed by atoms with Gasteiger partial charge in [0.05, 0.1) is 32.3 Å². The summed E-state index contributed by atoms with van der Waals surface area (Å²) in [6, 6.07) is 8.50. The van der Waals surface area contributed by atoms with E-state index in [2.05, 4.69) is 9.97 Å². The molecule has 0 spiro atoms. The van der Waals surface area contributed by atoms with Crippen LogP contribution in [-0.4, -0.2) is 59.7 Å². The van der Waals surface area contributed by atoms with Crippen LogP contribution in [0.3, 0.4) is 0 Å². The van der Waals surface area contributed by atoms with Gasteiger partial charge in [-0.05, 0) is 50.2 Å². The van der Waals surface area contributed by atoms with Crippen molar-refractivity contribution in [1.29, 1.82) is 0 Å². The summed E-state index contributed by atoms with van der Waals surface area (Å²) in [7, 11) is -3.83. The molecule has 162 valence electrons. The molecular formula is C21H20ClFN4O3S. The van der Waals surface area contributed by atoms with E-state index in [1.807, 2.05) is 13.8 Å². The molecule has 0 atom stereocenters. The Morgan fingerprint density at radius 1 is 0.968 bits per heavy atom. The van der Waals surface area contributed by atoms with E-state index in [-0.39, 0.29) is 42.0 Å². The largest absolute Gasteiger partial charge is 0.336 e. The molecule has 1 fully saturated rings. The Morgan fingerprint density at radius 2 is 1.61 bits per heavy atom. The van der Waals surface area contributed by atoms with E-state index >= 15 is 0 Å². The maximum Gasteiger partial charge on any atom is 0.254 e. The van der Waals surface area contributed by atoms with Gasteiger partial charge in [-0.2, -0.15) is 4.31 Å². The van der Waals surface area contributed by atoms with Crippen molar-refractivity contribution in [2.24, 2.45) is 0 Å². The maximum atomic E-state index is 13.4. The molecule has 10 heteroatoms. The number of hydrogen-bond acceptors (Lipinski definition) is 5. The monoisotopic (exact) mass is 462 g/mol. The topological polar surface area (TPSA) is 83.5 Å².